The van der Waals surface area contributed by atoms with Crippen LogP contribution in [-0.4, -0.2) is 51.3 Å². The van der Waals surface area contributed by atoms with E-state index in [0.717, 1.165) is 56.6 Å². The van der Waals surface area contributed by atoms with Gasteiger partial charge in [0.2, 0.25) is 0 Å². The molecule has 0 unspecified atom stereocenters. The molecular weight excluding hydrogens is 366 g/mol. The van der Waals surface area contributed by atoms with Crippen LogP contribution in [0.25, 0.3) is 0 Å². The summed E-state index contributed by atoms with van der Waals surface area (Å²) in [5.41, 5.74) is 3.98. The molecule has 2 N–H and O–H groups in total. The molecule has 4 atom stereocenters. The monoisotopic (exact) mass is 395 g/mol. The van der Waals surface area contributed by atoms with Gasteiger partial charge in [-0.1, -0.05) is 6.07 Å². The molecule has 2 aliphatic heterocycles. The third kappa shape index (κ3) is 3.38. The van der Waals surface area contributed by atoms with Gasteiger partial charge in [0.05, 0.1) is 25.0 Å². The van der Waals surface area contributed by atoms with Gasteiger partial charge in [0.25, 0.3) is 0 Å². The van der Waals surface area contributed by atoms with Gasteiger partial charge in [-0.05, 0) is 54.9 Å². The number of piperidine rings is 1. The van der Waals surface area contributed by atoms with Crippen LogP contribution < -0.4 is 0 Å². The molecule has 6 heteroatoms. The van der Waals surface area contributed by atoms with Crippen LogP contribution in [0.3, 0.4) is 0 Å². The SMILES string of the molecule is OC[C@@H]1CN(C[C@@H]2CCc3cccnc3[C@@H](O)C2)CC[C@]12OCc1ccncc12. The average molecular weight is 396 g/mol. The van der Waals surface area contributed by atoms with Crippen LogP contribution in [0.4, 0.5) is 0 Å². The maximum absolute atomic E-state index is 10.7. The van der Waals surface area contributed by atoms with Gasteiger partial charge in [0.15, 0.2) is 0 Å². The third-order valence-corrected chi connectivity index (χ3v) is 7.15. The topological polar surface area (TPSA) is 78.7 Å². The highest BCUT2D eigenvalue weighted by Crippen LogP contribution is 2.47. The number of hydrogen-bond donors (Lipinski definition) is 2. The molecule has 1 saturated heterocycles. The smallest absolute Gasteiger partial charge is 0.103 e. The lowest BCUT2D eigenvalue weighted by Crippen LogP contribution is -2.52. The van der Waals surface area contributed by atoms with Crippen LogP contribution in [0.2, 0.25) is 0 Å². The summed E-state index contributed by atoms with van der Waals surface area (Å²) in [6.07, 6.45) is 8.67. The van der Waals surface area contributed by atoms with Crippen molar-refractivity contribution in [2.45, 2.75) is 44.0 Å². The highest BCUT2D eigenvalue weighted by molar-refractivity contribution is 5.34. The number of aliphatic hydroxyl groups excluding tert-OH is 2. The summed E-state index contributed by atoms with van der Waals surface area (Å²) in [5.74, 6) is 0.460. The highest BCUT2D eigenvalue weighted by atomic mass is 16.5. The fraction of sp³-hybridized carbons (Fsp3) is 0.565. The first kappa shape index (κ1) is 19.1. The van der Waals surface area contributed by atoms with Crippen LogP contribution in [0.15, 0.2) is 36.8 Å². The lowest BCUT2D eigenvalue weighted by molar-refractivity contribution is -0.134. The lowest BCUT2D eigenvalue weighted by atomic mass is 9.76. The Balaban J connectivity index is 1.28. The van der Waals surface area contributed by atoms with Crippen molar-refractivity contribution in [3.05, 3.63) is 59.2 Å². The number of nitrogens with zero attached hydrogens (tertiary/aromatic N) is 3. The van der Waals surface area contributed by atoms with Crippen molar-refractivity contribution < 1.29 is 14.9 Å². The summed E-state index contributed by atoms with van der Waals surface area (Å²) in [6.45, 7) is 3.39. The number of rotatable bonds is 3. The maximum atomic E-state index is 10.7. The Bertz CT molecular complexity index is 876. The second kappa shape index (κ2) is 7.76. The Morgan fingerprint density at radius 3 is 3.07 bits per heavy atom. The Kier molecular flexibility index (Phi) is 5.12. The standard InChI is InChI=1S/C23H29N3O3/c27-14-19-13-26(9-6-23(19)20-11-24-8-5-18(20)15-29-23)12-16-3-4-17-2-1-7-25-22(17)21(28)10-16/h1-2,5,7-8,11,16,19,21,27-28H,3-4,6,9-10,12-15H2/t16-,19+,21+,23+/m1/s1. The molecule has 5 rings (SSSR count). The van der Waals surface area contributed by atoms with E-state index in [2.05, 4.69) is 20.9 Å². The molecule has 29 heavy (non-hydrogen) atoms. The highest BCUT2D eigenvalue weighted by Gasteiger charge is 2.49. The molecule has 2 aromatic rings. The van der Waals surface area contributed by atoms with Crippen molar-refractivity contribution in [3.63, 3.8) is 0 Å². The molecule has 1 spiro atoms. The zero-order chi connectivity index (χ0) is 19.8. The third-order valence-electron chi connectivity index (χ3n) is 7.15. The molecule has 0 saturated carbocycles. The normalized spacial score (nSPS) is 32.0. The Hall–Kier alpha value is -1.86. The number of aromatic nitrogens is 2. The Morgan fingerprint density at radius 2 is 2.17 bits per heavy atom. The van der Waals surface area contributed by atoms with Gasteiger partial charge in [-0.25, -0.2) is 0 Å². The quantitative estimate of drug-likeness (QED) is 0.776. The molecule has 3 aliphatic rings. The van der Waals surface area contributed by atoms with E-state index in [1.54, 1.807) is 6.20 Å². The Labute approximate surface area is 171 Å². The summed E-state index contributed by atoms with van der Waals surface area (Å²) in [7, 11) is 0. The molecule has 154 valence electrons. The van der Waals surface area contributed by atoms with Crippen molar-refractivity contribution in [1.29, 1.82) is 0 Å². The number of ether oxygens (including phenoxy) is 1. The van der Waals surface area contributed by atoms with E-state index in [4.69, 9.17) is 4.74 Å². The van der Waals surface area contributed by atoms with E-state index in [-0.39, 0.29) is 12.5 Å². The number of hydrogen-bond acceptors (Lipinski definition) is 6. The first-order valence-corrected chi connectivity index (χ1v) is 10.7. The molecule has 4 heterocycles. The first-order valence-electron chi connectivity index (χ1n) is 10.7. The van der Waals surface area contributed by atoms with Crippen molar-refractivity contribution in [1.82, 2.24) is 14.9 Å². The maximum Gasteiger partial charge on any atom is 0.103 e. The van der Waals surface area contributed by atoms with Gasteiger partial charge < -0.3 is 19.8 Å². The second-order valence-electron chi connectivity index (χ2n) is 8.80. The molecule has 0 amide bonds. The molecule has 0 bridgehead atoms. The average Bonchev–Trinajstić information content (AvgIpc) is 3.04. The Morgan fingerprint density at radius 1 is 1.24 bits per heavy atom. The van der Waals surface area contributed by atoms with Crippen molar-refractivity contribution in [2.24, 2.45) is 11.8 Å². The number of aliphatic hydroxyl groups is 2. The van der Waals surface area contributed by atoms with Gasteiger partial charge in [-0.2, -0.15) is 0 Å². The summed E-state index contributed by atoms with van der Waals surface area (Å²) >= 11 is 0. The zero-order valence-electron chi connectivity index (χ0n) is 16.7. The van der Waals surface area contributed by atoms with Gasteiger partial charge >= 0.3 is 0 Å². The van der Waals surface area contributed by atoms with E-state index < -0.39 is 11.7 Å². The number of aryl methyl sites for hydroxylation is 1. The molecule has 1 aliphatic carbocycles. The van der Waals surface area contributed by atoms with Crippen LogP contribution in [0.5, 0.6) is 0 Å². The van der Waals surface area contributed by atoms with Crippen LogP contribution in [-0.2, 0) is 23.4 Å². The zero-order valence-corrected chi connectivity index (χ0v) is 16.7. The van der Waals surface area contributed by atoms with E-state index in [9.17, 15) is 10.2 Å². The van der Waals surface area contributed by atoms with Crippen molar-refractivity contribution >= 4 is 0 Å². The minimum Gasteiger partial charge on any atom is -0.396 e. The van der Waals surface area contributed by atoms with E-state index in [1.165, 1.54) is 11.1 Å². The molecule has 2 aromatic heterocycles. The summed E-state index contributed by atoms with van der Waals surface area (Å²) in [6, 6.07) is 6.07. The van der Waals surface area contributed by atoms with Crippen LogP contribution in [0, 0.1) is 11.8 Å². The first-order chi connectivity index (χ1) is 14.2. The fourth-order valence-electron chi connectivity index (χ4n) is 5.61. The van der Waals surface area contributed by atoms with Crippen LogP contribution in [0.1, 0.15) is 47.8 Å². The van der Waals surface area contributed by atoms with Gasteiger partial charge in [0.1, 0.15) is 5.60 Å². The van der Waals surface area contributed by atoms with E-state index in [1.807, 2.05) is 24.5 Å². The molecule has 0 aromatic carbocycles. The lowest BCUT2D eigenvalue weighted by Gasteiger charge is -2.45. The van der Waals surface area contributed by atoms with Crippen molar-refractivity contribution in [3.8, 4) is 0 Å². The second-order valence-corrected chi connectivity index (χ2v) is 8.80. The van der Waals surface area contributed by atoms with Gasteiger partial charge in [0, 0.05) is 49.7 Å². The predicted molar refractivity (Wildman–Crippen MR) is 108 cm³/mol. The molecule has 6 nitrogen and oxygen atoms in total. The van der Waals surface area contributed by atoms with E-state index in [0.29, 0.717) is 12.5 Å². The minimum atomic E-state index is -0.486. The fourth-order valence-corrected chi connectivity index (χ4v) is 5.61. The predicted octanol–water partition coefficient (Wildman–Crippen LogP) is 2.20. The van der Waals surface area contributed by atoms with Gasteiger partial charge in [-0.15, -0.1) is 0 Å². The summed E-state index contributed by atoms with van der Waals surface area (Å²) in [5, 5.41) is 20.9. The largest absolute Gasteiger partial charge is 0.396 e. The number of pyridine rings is 2. The number of fused-ring (bicyclic) bond motifs is 3. The van der Waals surface area contributed by atoms with Crippen LogP contribution >= 0.6 is 0 Å². The summed E-state index contributed by atoms with van der Waals surface area (Å²) < 4.78 is 6.30. The number of likely N-dealkylation sites (tertiary alicyclic amines) is 1. The van der Waals surface area contributed by atoms with Crippen molar-refractivity contribution in [2.75, 3.05) is 26.2 Å². The van der Waals surface area contributed by atoms with Gasteiger partial charge in [-0.3, -0.25) is 9.97 Å². The van der Waals surface area contributed by atoms with E-state index >= 15 is 0 Å². The molecule has 0 radical (unpaired) electrons. The minimum absolute atomic E-state index is 0.0382. The molecule has 1 fully saturated rings. The molecular formula is C23H29N3O3. The summed E-state index contributed by atoms with van der Waals surface area (Å²) in [4.78, 5) is 11.2.